The van der Waals surface area contributed by atoms with E-state index in [-0.39, 0.29) is 10.5 Å². The van der Waals surface area contributed by atoms with Gasteiger partial charge in [0.2, 0.25) is 0 Å². The van der Waals surface area contributed by atoms with Crippen molar-refractivity contribution in [2.24, 2.45) is 0 Å². The van der Waals surface area contributed by atoms with Crippen LogP contribution in [0, 0.1) is 0 Å². The molecule has 0 bridgehead atoms. The van der Waals surface area contributed by atoms with Crippen LogP contribution in [0.1, 0.15) is 0 Å². The van der Waals surface area contributed by atoms with E-state index >= 15 is 0 Å². The lowest BCUT2D eigenvalue weighted by molar-refractivity contribution is -0.132. The summed E-state index contributed by atoms with van der Waals surface area (Å²) in [7, 11) is -3.58. The summed E-state index contributed by atoms with van der Waals surface area (Å²) in [6.07, 6.45) is 0. The van der Waals surface area contributed by atoms with Gasteiger partial charge in [0.15, 0.2) is 9.84 Å². The fourth-order valence-corrected chi connectivity index (χ4v) is 2.32. The molecule has 0 saturated carbocycles. The first-order chi connectivity index (χ1) is 6.93. The third-order valence-corrected chi connectivity index (χ3v) is 3.49. The molecule has 0 aliphatic heterocycles. The van der Waals surface area contributed by atoms with Gasteiger partial charge in [-0.1, -0.05) is 24.8 Å². The van der Waals surface area contributed by atoms with Crippen LogP contribution in [0.25, 0.3) is 0 Å². The number of benzene rings is 1. The summed E-state index contributed by atoms with van der Waals surface area (Å²) in [5.74, 6) is -1.86. The monoisotopic (exact) mass is 226 g/mol. The zero-order chi connectivity index (χ0) is 11.5. The molecule has 80 valence electrons. The molecule has 1 N–H and O–H groups in total. The van der Waals surface area contributed by atoms with Gasteiger partial charge in [-0.25, -0.2) is 13.2 Å². The van der Waals surface area contributed by atoms with Crippen LogP contribution >= 0.6 is 0 Å². The van der Waals surface area contributed by atoms with Crippen LogP contribution in [0.4, 0.5) is 0 Å². The van der Waals surface area contributed by atoms with Gasteiger partial charge in [-0.05, 0) is 12.1 Å². The van der Waals surface area contributed by atoms with Crippen LogP contribution in [-0.4, -0.2) is 25.2 Å². The van der Waals surface area contributed by atoms with E-state index in [0.29, 0.717) is 0 Å². The normalized spacial score (nSPS) is 10.9. The quantitative estimate of drug-likeness (QED) is 0.780. The van der Waals surface area contributed by atoms with Gasteiger partial charge < -0.3 is 5.11 Å². The lowest BCUT2D eigenvalue weighted by Crippen LogP contribution is -2.13. The van der Waals surface area contributed by atoms with Crippen molar-refractivity contribution in [3.8, 4) is 0 Å². The molecule has 1 aromatic carbocycles. The Kier molecular flexibility index (Phi) is 3.26. The highest BCUT2D eigenvalue weighted by atomic mass is 32.2. The Bertz CT molecular complexity index is 473. The highest BCUT2D eigenvalue weighted by molar-refractivity contribution is 7.91. The summed E-state index contributed by atoms with van der Waals surface area (Å²) in [6, 6.07) is 7.69. The summed E-state index contributed by atoms with van der Waals surface area (Å²) in [5, 5.41) is 8.53. The second-order valence-electron chi connectivity index (χ2n) is 2.98. The molecule has 0 radical (unpaired) electrons. The van der Waals surface area contributed by atoms with Crippen LogP contribution in [0.2, 0.25) is 0 Å². The van der Waals surface area contributed by atoms with Crippen molar-refractivity contribution < 1.29 is 18.3 Å². The third-order valence-electron chi connectivity index (χ3n) is 1.77. The molecule has 0 fully saturated rings. The van der Waals surface area contributed by atoms with Crippen LogP contribution in [0.5, 0.6) is 0 Å². The highest BCUT2D eigenvalue weighted by Crippen LogP contribution is 2.12. The summed E-state index contributed by atoms with van der Waals surface area (Å²) in [4.78, 5) is 10.5. The number of hydrogen-bond acceptors (Lipinski definition) is 3. The Hall–Kier alpha value is -1.62. The Morgan fingerprint density at radius 3 is 2.27 bits per heavy atom. The summed E-state index contributed by atoms with van der Waals surface area (Å²) in [5.41, 5.74) is -0.334. The van der Waals surface area contributed by atoms with Crippen LogP contribution in [-0.2, 0) is 14.6 Å². The van der Waals surface area contributed by atoms with Gasteiger partial charge >= 0.3 is 5.97 Å². The fourth-order valence-electron chi connectivity index (χ4n) is 1.00. The molecule has 0 aliphatic carbocycles. The van der Waals surface area contributed by atoms with Crippen molar-refractivity contribution in [1.29, 1.82) is 0 Å². The largest absolute Gasteiger partial charge is 0.478 e. The van der Waals surface area contributed by atoms with Crippen molar-refractivity contribution in [2.75, 3.05) is 5.75 Å². The molecular weight excluding hydrogens is 216 g/mol. The SMILES string of the molecule is C=C(CS(=O)(=O)c1ccccc1)C(=O)O. The molecule has 0 unspecified atom stereocenters. The number of rotatable bonds is 4. The Labute approximate surface area is 87.8 Å². The average Bonchev–Trinajstić information content (AvgIpc) is 2.18. The second-order valence-corrected chi connectivity index (χ2v) is 4.97. The molecule has 0 amide bonds. The Balaban J connectivity index is 2.96. The van der Waals surface area contributed by atoms with Crippen LogP contribution < -0.4 is 0 Å². The summed E-state index contributed by atoms with van der Waals surface area (Å²) < 4.78 is 23.2. The molecule has 0 atom stereocenters. The molecule has 0 heterocycles. The first-order valence-electron chi connectivity index (χ1n) is 4.12. The number of carboxylic acid groups (broad SMARTS) is 1. The maximum Gasteiger partial charge on any atom is 0.332 e. The molecule has 1 rings (SSSR count). The predicted molar refractivity (Wildman–Crippen MR) is 55.3 cm³/mol. The predicted octanol–water partition coefficient (Wildman–Crippen LogP) is 1.10. The first kappa shape index (κ1) is 11.5. The summed E-state index contributed by atoms with van der Waals surface area (Å²) >= 11 is 0. The standard InChI is InChI=1S/C10H10O4S/c1-8(10(11)12)7-15(13,14)9-5-3-2-4-6-9/h2-6H,1,7H2,(H,11,12). The highest BCUT2D eigenvalue weighted by Gasteiger charge is 2.18. The molecule has 4 nitrogen and oxygen atoms in total. The van der Waals surface area contributed by atoms with Gasteiger partial charge in [-0.15, -0.1) is 0 Å². The Morgan fingerprint density at radius 1 is 1.27 bits per heavy atom. The molecule has 0 aliphatic rings. The number of carboxylic acids is 1. The van der Waals surface area contributed by atoms with Crippen molar-refractivity contribution in [3.63, 3.8) is 0 Å². The average molecular weight is 226 g/mol. The molecule has 5 heteroatoms. The van der Waals surface area contributed by atoms with Crippen molar-refractivity contribution in [3.05, 3.63) is 42.5 Å². The maximum atomic E-state index is 11.6. The van der Waals surface area contributed by atoms with Gasteiger partial charge in [-0.2, -0.15) is 0 Å². The summed E-state index contributed by atoms with van der Waals surface area (Å²) in [6.45, 7) is 3.19. The molecule has 0 aromatic heterocycles. The smallest absolute Gasteiger partial charge is 0.332 e. The van der Waals surface area contributed by atoms with Gasteiger partial charge in [0, 0.05) is 5.57 Å². The van der Waals surface area contributed by atoms with Gasteiger partial charge in [-0.3, -0.25) is 0 Å². The van der Waals surface area contributed by atoms with Crippen molar-refractivity contribution in [2.45, 2.75) is 4.90 Å². The second kappa shape index (κ2) is 4.27. The molecule has 15 heavy (non-hydrogen) atoms. The third kappa shape index (κ3) is 2.92. The van der Waals surface area contributed by atoms with E-state index in [9.17, 15) is 13.2 Å². The van der Waals surface area contributed by atoms with Gasteiger partial charge in [0.1, 0.15) is 0 Å². The van der Waals surface area contributed by atoms with Gasteiger partial charge in [0.05, 0.1) is 10.6 Å². The first-order valence-corrected chi connectivity index (χ1v) is 5.77. The van der Waals surface area contributed by atoms with E-state index < -0.39 is 21.6 Å². The minimum atomic E-state index is -3.58. The zero-order valence-electron chi connectivity index (χ0n) is 7.88. The number of carbonyl (C=O) groups is 1. The number of hydrogen-bond donors (Lipinski definition) is 1. The van der Waals surface area contributed by atoms with E-state index in [0.717, 1.165) is 0 Å². The zero-order valence-corrected chi connectivity index (χ0v) is 8.70. The minimum absolute atomic E-state index is 0.104. The van der Waals surface area contributed by atoms with E-state index in [2.05, 4.69) is 6.58 Å². The van der Waals surface area contributed by atoms with Crippen molar-refractivity contribution in [1.82, 2.24) is 0 Å². The van der Waals surface area contributed by atoms with Crippen LogP contribution in [0.3, 0.4) is 0 Å². The number of sulfone groups is 1. The lowest BCUT2D eigenvalue weighted by atomic mass is 10.4. The van der Waals surface area contributed by atoms with Crippen LogP contribution in [0.15, 0.2) is 47.4 Å². The van der Waals surface area contributed by atoms with E-state index in [1.807, 2.05) is 0 Å². The van der Waals surface area contributed by atoms with E-state index in [1.54, 1.807) is 18.2 Å². The molecule has 1 aromatic rings. The van der Waals surface area contributed by atoms with E-state index in [1.165, 1.54) is 12.1 Å². The van der Waals surface area contributed by atoms with Crippen molar-refractivity contribution >= 4 is 15.8 Å². The molecule has 0 spiro atoms. The Morgan fingerprint density at radius 2 is 1.80 bits per heavy atom. The lowest BCUT2D eigenvalue weighted by Gasteiger charge is -2.03. The fraction of sp³-hybridized carbons (Fsp3) is 0.100. The topological polar surface area (TPSA) is 71.4 Å². The molecule has 0 saturated heterocycles. The molecular formula is C10H10O4S. The maximum absolute atomic E-state index is 11.6. The van der Waals surface area contributed by atoms with Gasteiger partial charge in [0.25, 0.3) is 0 Å². The minimum Gasteiger partial charge on any atom is -0.478 e. The number of aliphatic carboxylic acids is 1. The van der Waals surface area contributed by atoms with E-state index in [4.69, 9.17) is 5.11 Å².